The lowest BCUT2D eigenvalue weighted by atomic mass is 10.1. The molecular formula is C7H10N4O2S. The Morgan fingerprint density at radius 1 is 1.36 bits per heavy atom. The third kappa shape index (κ3) is 2.49. The Labute approximate surface area is 86.3 Å². The Hall–Kier alpha value is -1.50. The van der Waals surface area contributed by atoms with Crippen LogP contribution >= 0.6 is 12.2 Å². The van der Waals surface area contributed by atoms with Gasteiger partial charge in [0.05, 0.1) is 0 Å². The van der Waals surface area contributed by atoms with Crippen LogP contribution in [0.1, 0.15) is 0 Å². The van der Waals surface area contributed by atoms with Crippen LogP contribution in [0.2, 0.25) is 0 Å². The van der Waals surface area contributed by atoms with Crippen LogP contribution < -0.4 is 10.6 Å². The quantitative estimate of drug-likeness (QED) is 0.259. The summed E-state index contributed by atoms with van der Waals surface area (Å²) in [5, 5.41) is 10.0. The van der Waals surface area contributed by atoms with Gasteiger partial charge in [-0.15, -0.1) is 0 Å². The molecule has 7 heteroatoms. The van der Waals surface area contributed by atoms with E-state index in [-0.39, 0.29) is 5.11 Å². The first-order chi connectivity index (χ1) is 6.50. The van der Waals surface area contributed by atoms with Crippen LogP contribution in [0.15, 0.2) is 5.10 Å². The molecule has 0 spiro atoms. The molecule has 0 aromatic rings. The Bertz CT molecular complexity index is 293. The van der Waals surface area contributed by atoms with Crippen molar-refractivity contribution in [3.8, 4) is 0 Å². The third-order valence-electron chi connectivity index (χ3n) is 1.49. The van der Waals surface area contributed by atoms with E-state index in [1.165, 1.54) is 11.2 Å². The van der Waals surface area contributed by atoms with Crippen LogP contribution in [0, 0.1) is 5.92 Å². The lowest BCUT2D eigenvalue weighted by molar-refractivity contribution is -0.131. The van der Waals surface area contributed by atoms with Gasteiger partial charge in [-0.3, -0.25) is 9.59 Å². The van der Waals surface area contributed by atoms with Crippen LogP contribution in [-0.4, -0.2) is 42.2 Å². The second kappa shape index (κ2) is 4.14. The predicted molar refractivity (Wildman–Crippen MR) is 54.6 cm³/mol. The highest BCUT2D eigenvalue weighted by Crippen LogP contribution is 1.99. The van der Waals surface area contributed by atoms with E-state index in [1.54, 1.807) is 14.1 Å². The SMILES string of the molecule is CN(C)N=CC1C(=O)NC(=S)NC1=O. The largest absolute Gasteiger partial charge is 0.303 e. The molecule has 0 bridgehead atoms. The fraction of sp³-hybridized carbons (Fsp3) is 0.429. The average molecular weight is 214 g/mol. The fourth-order valence-corrected chi connectivity index (χ4v) is 1.07. The first-order valence-corrected chi connectivity index (χ1v) is 4.28. The smallest absolute Gasteiger partial charge is 0.244 e. The molecule has 0 aromatic heterocycles. The Kier molecular flexibility index (Phi) is 3.13. The summed E-state index contributed by atoms with van der Waals surface area (Å²) < 4.78 is 0. The number of hydrazone groups is 1. The molecule has 1 saturated heterocycles. The maximum Gasteiger partial charge on any atom is 0.244 e. The van der Waals surface area contributed by atoms with Gasteiger partial charge < -0.3 is 15.6 Å². The van der Waals surface area contributed by atoms with Crippen LogP contribution in [0.25, 0.3) is 0 Å². The summed E-state index contributed by atoms with van der Waals surface area (Å²) in [4.78, 5) is 22.5. The van der Waals surface area contributed by atoms with Gasteiger partial charge in [0, 0.05) is 20.3 Å². The van der Waals surface area contributed by atoms with E-state index in [1.807, 2.05) is 0 Å². The molecule has 2 amide bonds. The number of rotatable bonds is 2. The van der Waals surface area contributed by atoms with E-state index >= 15 is 0 Å². The molecule has 1 fully saturated rings. The molecule has 76 valence electrons. The molecular weight excluding hydrogens is 204 g/mol. The summed E-state index contributed by atoms with van der Waals surface area (Å²) in [7, 11) is 3.39. The van der Waals surface area contributed by atoms with Crippen molar-refractivity contribution in [2.75, 3.05) is 14.1 Å². The zero-order chi connectivity index (χ0) is 10.7. The summed E-state index contributed by atoms with van der Waals surface area (Å²) >= 11 is 4.63. The number of carbonyl (C=O) groups excluding carboxylic acids is 2. The molecule has 2 N–H and O–H groups in total. The molecule has 0 atom stereocenters. The van der Waals surface area contributed by atoms with E-state index in [2.05, 4.69) is 28.0 Å². The summed E-state index contributed by atoms with van der Waals surface area (Å²) in [5.41, 5.74) is 0. The van der Waals surface area contributed by atoms with Crippen molar-refractivity contribution in [1.29, 1.82) is 0 Å². The molecule has 0 radical (unpaired) electrons. The van der Waals surface area contributed by atoms with Crippen molar-refractivity contribution < 1.29 is 9.59 Å². The molecule has 0 aliphatic carbocycles. The van der Waals surface area contributed by atoms with Crippen LogP contribution in [0.5, 0.6) is 0 Å². The standard InChI is InChI=1S/C7H10N4O2S/c1-11(2)8-3-4-5(12)9-7(14)10-6(4)13/h3-4H,1-2H3,(H2,9,10,12,13,14). The third-order valence-corrected chi connectivity index (χ3v) is 1.69. The minimum Gasteiger partial charge on any atom is -0.303 e. The Balaban J connectivity index is 2.73. The van der Waals surface area contributed by atoms with E-state index in [0.717, 1.165) is 0 Å². The highest BCUT2D eigenvalue weighted by atomic mass is 32.1. The van der Waals surface area contributed by atoms with Crippen molar-refractivity contribution in [3.63, 3.8) is 0 Å². The second-order valence-electron chi connectivity index (χ2n) is 2.90. The normalized spacial score (nSPS) is 18.3. The Morgan fingerprint density at radius 2 is 1.86 bits per heavy atom. The predicted octanol–water partition coefficient (Wildman–Crippen LogP) is -1.32. The van der Waals surface area contributed by atoms with E-state index in [4.69, 9.17) is 0 Å². The van der Waals surface area contributed by atoms with Crippen LogP contribution in [-0.2, 0) is 9.59 Å². The maximum atomic E-state index is 11.3. The number of hydrogen-bond donors (Lipinski definition) is 2. The number of amides is 2. The maximum absolute atomic E-state index is 11.3. The molecule has 14 heavy (non-hydrogen) atoms. The molecule has 0 unspecified atom stereocenters. The zero-order valence-corrected chi connectivity index (χ0v) is 8.59. The molecule has 1 rings (SSSR count). The van der Waals surface area contributed by atoms with Crippen LogP contribution in [0.4, 0.5) is 0 Å². The lowest BCUT2D eigenvalue weighted by Gasteiger charge is -2.19. The summed E-state index contributed by atoms with van der Waals surface area (Å²) in [6, 6.07) is 0. The fourth-order valence-electron chi connectivity index (χ4n) is 0.865. The summed E-state index contributed by atoms with van der Waals surface area (Å²) in [6.07, 6.45) is 1.27. The van der Waals surface area contributed by atoms with E-state index < -0.39 is 17.7 Å². The van der Waals surface area contributed by atoms with Crippen molar-refractivity contribution >= 4 is 35.4 Å². The summed E-state index contributed by atoms with van der Waals surface area (Å²) in [5.74, 6) is -1.82. The van der Waals surface area contributed by atoms with Gasteiger partial charge in [-0.2, -0.15) is 5.10 Å². The van der Waals surface area contributed by atoms with Gasteiger partial charge in [-0.05, 0) is 12.2 Å². The topological polar surface area (TPSA) is 73.8 Å². The van der Waals surface area contributed by atoms with Gasteiger partial charge in [0.2, 0.25) is 11.8 Å². The number of carbonyl (C=O) groups is 2. The molecule has 0 aromatic carbocycles. The Morgan fingerprint density at radius 3 is 2.29 bits per heavy atom. The average Bonchev–Trinajstić information content (AvgIpc) is 2.01. The van der Waals surface area contributed by atoms with Crippen LogP contribution in [0.3, 0.4) is 0 Å². The first kappa shape index (κ1) is 10.6. The van der Waals surface area contributed by atoms with E-state index in [0.29, 0.717) is 0 Å². The first-order valence-electron chi connectivity index (χ1n) is 3.88. The lowest BCUT2D eigenvalue weighted by Crippen LogP contribution is -2.56. The van der Waals surface area contributed by atoms with Crippen molar-refractivity contribution in [3.05, 3.63) is 0 Å². The molecule has 0 saturated carbocycles. The van der Waals surface area contributed by atoms with Gasteiger partial charge in [-0.25, -0.2) is 0 Å². The number of thiocarbonyl (C=S) groups is 1. The number of nitrogens with one attached hydrogen (secondary N) is 2. The monoisotopic (exact) mass is 214 g/mol. The van der Waals surface area contributed by atoms with Gasteiger partial charge in [0.25, 0.3) is 0 Å². The number of nitrogens with zero attached hydrogens (tertiary/aromatic N) is 2. The second-order valence-corrected chi connectivity index (χ2v) is 3.31. The highest BCUT2D eigenvalue weighted by molar-refractivity contribution is 7.80. The van der Waals surface area contributed by atoms with Crippen molar-refractivity contribution in [2.45, 2.75) is 0 Å². The minimum absolute atomic E-state index is 0.0366. The highest BCUT2D eigenvalue weighted by Gasteiger charge is 2.31. The molecule has 1 heterocycles. The van der Waals surface area contributed by atoms with Gasteiger partial charge in [0.1, 0.15) is 0 Å². The van der Waals surface area contributed by atoms with E-state index in [9.17, 15) is 9.59 Å². The van der Waals surface area contributed by atoms with Gasteiger partial charge >= 0.3 is 0 Å². The molecule has 1 aliphatic rings. The zero-order valence-electron chi connectivity index (χ0n) is 7.77. The molecule has 1 aliphatic heterocycles. The van der Waals surface area contributed by atoms with Gasteiger partial charge in [-0.1, -0.05) is 0 Å². The van der Waals surface area contributed by atoms with Crippen molar-refractivity contribution in [2.24, 2.45) is 11.0 Å². The summed E-state index contributed by atoms with van der Waals surface area (Å²) in [6.45, 7) is 0. The van der Waals surface area contributed by atoms with Gasteiger partial charge in [0.15, 0.2) is 11.0 Å². The molecule has 6 nitrogen and oxygen atoms in total. The number of hydrogen-bond acceptors (Lipinski definition) is 5. The minimum atomic E-state index is -0.913. The van der Waals surface area contributed by atoms with Crippen molar-refractivity contribution in [1.82, 2.24) is 15.6 Å².